The van der Waals surface area contributed by atoms with E-state index in [0.717, 1.165) is 38.6 Å². The lowest BCUT2D eigenvalue weighted by atomic mass is 9.96. The van der Waals surface area contributed by atoms with Crippen LogP contribution in [0.3, 0.4) is 0 Å². The van der Waals surface area contributed by atoms with Crippen molar-refractivity contribution in [2.24, 2.45) is 5.92 Å². The number of rotatable bonds is 6. The van der Waals surface area contributed by atoms with Crippen LogP contribution < -0.4 is 10.6 Å². The Balaban J connectivity index is 2.26. The molecule has 0 aromatic heterocycles. The van der Waals surface area contributed by atoms with Gasteiger partial charge in [0.1, 0.15) is 0 Å². The lowest BCUT2D eigenvalue weighted by molar-refractivity contribution is -0.119. The second kappa shape index (κ2) is 7.67. The summed E-state index contributed by atoms with van der Waals surface area (Å²) >= 11 is 0. The van der Waals surface area contributed by atoms with Crippen molar-refractivity contribution in [3.05, 3.63) is 0 Å². The fourth-order valence-corrected chi connectivity index (χ4v) is 2.53. The van der Waals surface area contributed by atoms with E-state index in [4.69, 9.17) is 0 Å². The number of carbonyl (C=O) groups excluding carboxylic acids is 1. The van der Waals surface area contributed by atoms with Crippen LogP contribution in [0.4, 0.5) is 0 Å². The Morgan fingerprint density at radius 1 is 1.35 bits per heavy atom. The van der Waals surface area contributed by atoms with Gasteiger partial charge in [0.2, 0.25) is 5.91 Å². The molecule has 1 amide bonds. The van der Waals surface area contributed by atoms with Crippen molar-refractivity contribution in [1.29, 1.82) is 0 Å². The number of nitrogens with one attached hydrogen (secondary N) is 2. The predicted molar refractivity (Wildman–Crippen MR) is 71.0 cm³/mol. The molecule has 4 nitrogen and oxygen atoms in total. The van der Waals surface area contributed by atoms with Crippen molar-refractivity contribution in [3.8, 4) is 0 Å². The van der Waals surface area contributed by atoms with Gasteiger partial charge in [0.25, 0.3) is 0 Å². The number of carbonyl (C=O) groups is 1. The first-order valence-corrected chi connectivity index (χ1v) is 6.82. The third-order valence-corrected chi connectivity index (χ3v) is 3.22. The molecule has 2 atom stereocenters. The normalized spacial score (nSPS) is 25.8. The van der Waals surface area contributed by atoms with Gasteiger partial charge in [-0.15, -0.1) is 0 Å². The average Bonchev–Trinajstić information content (AvgIpc) is 2.25. The maximum absolute atomic E-state index is 10.8. The molecule has 2 unspecified atom stereocenters. The molecule has 0 aliphatic carbocycles. The first kappa shape index (κ1) is 14.5. The third kappa shape index (κ3) is 6.03. The number of piperidine rings is 1. The Labute approximate surface area is 105 Å². The van der Waals surface area contributed by atoms with E-state index in [0.29, 0.717) is 6.04 Å². The highest BCUT2D eigenvalue weighted by Crippen LogP contribution is 2.15. The molecule has 1 aliphatic heterocycles. The summed E-state index contributed by atoms with van der Waals surface area (Å²) in [4.78, 5) is 13.3. The zero-order valence-corrected chi connectivity index (χ0v) is 11.5. The number of hydrogen-bond acceptors (Lipinski definition) is 3. The largest absolute Gasteiger partial charge is 0.355 e. The van der Waals surface area contributed by atoms with Crippen molar-refractivity contribution in [2.75, 3.05) is 32.7 Å². The molecule has 0 spiro atoms. The van der Waals surface area contributed by atoms with Crippen LogP contribution in [0.5, 0.6) is 0 Å². The molecule has 0 radical (unpaired) electrons. The van der Waals surface area contributed by atoms with Crippen LogP contribution in [0.25, 0.3) is 0 Å². The molecule has 1 aliphatic rings. The van der Waals surface area contributed by atoms with E-state index >= 15 is 0 Å². The predicted octanol–water partition coefficient (Wildman–Crippen LogP) is 0.833. The van der Waals surface area contributed by atoms with Crippen LogP contribution in [0.1, 0.15) is 33.6 Å². The Hall–Kier alpha value is -0.610. The van der Waals surface area contributed by atoms with Crippen LogP contribution in [-0.4, -0.2) is 49.6 Å². The average molecular weight is 241 g/mol. The zero-order chi connectivity index (χ0) is 12.7. The molecule has 17 heavy (non-hydrogen) atoms. The summed E-state index contributed by atoms with van der Waals surface area (Å²) in [5.41, 5.74) is 0. The minimum Gasteiger partial charge on any atom is -0.355 e. The van der Waals surface area contributed by atoms with Crippen molar-refractivity contribution < 1.29 is 4.79 Å². The van der Waals surface area contributed by atoms with Gasteiger partial charge in [-0.3, -0.25) is 9.69 Å². The summed E-state index contributed by atoms with van der Waals surface area (Å²) in [6.07, 6.45) is 2.47. The lowest BCUT2D eigenvalue weighted by Gasteiger charge is -2.37. The summed E-state index contributed by atoms with van der Waals surface area (Å²) in [6, 6.07) is 0.621. The van der Waals surface area contributed by atoms with E-state index in [1.54, 1.807) is 6.92 Å². The molecule has 1 saturated heterocycles. The van der Waals surface area contributed by atoms with Crippen molar-refractivity contribution in [1.82, 2.24) is 15.5 Å². The van der Waals surface area contributed by atoms with Crippen molar-refractivity contribution in [3.63, 3.8) is 0 Å². The Bertz CT molecular complexity index is 233. The summed E-state index contributed by atoms with van der Waals surface area (Å²) < 4.78 is 0. The van der Waals surface area contributed by atoms with Gasteiger partial charge in [-0.05, 0) is 25.3 Å². The summed E-state index contributed by atoms with van der Waals surface area (Å²) in [6.45, 7) is 11.2. The zero-order valence-electron chi connectivity index (χ0n) is 11.5. The Morgan fingerprint density at radius 2 is 2.12 bits per heavy atom. The molecule has 1 fully saturated rings. The van der Waals surface area contributed by atoms with Crippen LogP contribution >= 0.6 is 0 Å². The molecule has 2 N–H and O–H groups in total. The first-order chi connectivity index (χ1) is 8.11. The van der Waals surface area contributed by atoms with Gasteiger partial charge in [-0.1, -0.05) is 13.8 Å². The molecular weight excluding hydrogens is 214 g/mol. The number of nitrogens with zero attached hydrogens (tertiary/aromatic N) is 1. The fourth-order valence-electron chi connectivity index (χ4n) is 2.53. The van der Waals surface area contributed by atoms with E-state index in [1.165, 1.54) is 12.8 Å². The highest BCUT2D eigenvalue weighted by Gasteiger charge is 2.23. The number of amides is 1. The smallest absolute Gasteiger partial charge is 0.216 e. The minimum absolute atomic E-state index is 0.0655. The van der Waals surface area contributed by atoms with Gasteiger partial charge < -0.3 is 10.6 Å². The second-order valence-corrected chi connectivity index (χ2v) is 5.23. The Morgan fingerprint density at radius 3 is 2.76 bits per heavy atom. The van der Waals surface area contributed by atoms with Gasteiger partial charge in [-0.2, -0.15) is 0 Å². The maximum atomic E-state index is 10.8. The molecule has 1 heterocycles. The van der Waals surface area contributed by atoms with E-state index < -0.39 is 0 Å². The molecule has 0 aromatic rings. The van der Waals surface area contributed by atoms with E-state index in [1.807, 2.05) is 0 Å². The molecule has 0 aromatic carbocycles. The van der Waals surface area contributed by atoms with Gasteiger partial charge in [0.15, 0.2) is 0 Å². The molecule has 100 valence electrons. The number of hydrogen-bond donors (Lipinski definition) is 2. The second-order valence-electron chi connectivity index (χ2n) is 5.23. The highest BCUT2D eigenvalue weighted by atomic mass is 16.1. The topological polar surface area (TPSA) is 44.4 Å². The SMILES string of the molecule is CCCNC1CC(C)CN(CCNC(C)=O)C1. The van der Waals surface area contributed by atoms with Crippen LogP contribution in [0.2, 0.25) is 0 Å². The molecule has 0 bridgehead atoms. The van der Waals surface area contributed by atoms with Gasteiger partial charge in [0.05, 0.1) is 0 Å². The van der Waals surface area contributed by atoms with E-state index in [9.17, 15) is 4.79 Å². The standard InChI is InChI=1S/C13H27N3O/c1-4-5-15-13-8-11(2)9-16(10-13)7-6-14-12(3)17/h11,13,15H,4-10H2,1-3H3,(H,14,17). The van der Waals surface area contributed by atoms with Crippen LogP contribution in [-0.2, 0) is 4.79 Å². The van der Waals surface area contributed by atoms with Gasteiger partial charge in [0, 0.05) is 39.1 Å². The number of likely N-dealkylation sites (tertiary alicyclic amines) is 1. The summed E-state index contributed by atoms with van der Waals surface area (Å²) in [7, 11) is 0. The summed E-state index contributed by atoms with van der Waals surface area (Å²) in [5, 5.41) is 6.47. The fraction of sp³-hybridized carbons (Fsp3) is 0.923. The maximum Gasteiger partial charge on any atom is 0.216 e. The first-order valence-electron chi connectivity index (χ1n) is 6.82. The highest BCUT2D eigenvalue weighted by molar-refractivity contribution is 5.72. The van der Waals surface area contributed by atoms with Gasteiger partial charge in [-0.25, -0.2) is 0 Å². The van der Waals surface area contributed by atoms with Crippen LogP contribution in [0, 0.1) is 5.92 Å². The van der Waals surface area contributed by atoms with Crippen molar-refractivity contribution in [2.45, 2.75) is 39.7 Å². The van der Waals surface area contributed by atoms with Gasteiger partial charge >= 0.3 is 0 Å². The quantitative estimate of drug-likeness (QED) is 0.724. The molecular formula is C13H27N3O. The Kier molecular flexibility index (Phi) is 6.52. The van der Waals surface area contributed by atoms with Crippen LogP contribution in [0.15, 0.2) is 0 Å². The molecule has 1 rings (SSSR count). The molecule has 0 saturated carbocycles. The minimum atomic E-state index is 0.0655. The lowest BCUT2D eigenvalue weighted by Crippen LogP contribution is -2.50. The molecule has 4 heteroatoms. The third-order valence-electron chi connectivity index (χ3n) is 3.22. The van der Waals surface area contributed by atoms with E-state index in [-0.39, 0.29) is 5.91 Å². The summed E-state index contributed by atoms with van der Waals surface area (Å²) in [5.74, 6) is 0.811. The van der Waals surface area contributed by atoms with Crippen molar-refractivity contribution >= 4 is 5.91 Å². The van der Waals surface area contributed by atoms with E-state index in [2.05, 4.69) is 29.4 Å². The monoisotopic (exact) mass is 241 g/mol.